The van der Waals surface area contributed by atoms with Gasteiger partial charge in [-0.3, -0.25) is 4.79 Å². The van der Waals surface area contributed by atoms with Crippen LogP contribution in [-0.4, -0.2) is 113 Å². The molecule has 5 N–H and O–H groups in total. The second-order valence-corrected chi connectivity index (χ2v) is 9.92. The second-order valence-electron chi connectivity index (χ2n) is 9.92. The van der Waals surface area contributed by atoms with Gasteiger partial charge in [-0.15, -0.1) is 0 Å². The molecule has 3 heterocycles. The molecule has 10 atom stereocenters. The minimum Gasteiger partial charge on any atom is -0.394 e. The van der Waals surface area contributed by atoms with E-state index in [9.17, 15) is 25.2 Å². The average Bonchev–Trinajstić information content (AvgIpc) is 3.22. The van der Waals surface area contributed by atoms with Crippen molar-refractivity contribution in [3.05, 3.63) is 0 Å². The van der Waals surface area contributed by atoms with E-state index in [0.717, 1.165) is 6.42 Å². The Morgan fingerprint density at radius 2 is 1.82 bits per heavy atom. The first-order chi connectivity index (χ1) is 15.9. The summed E-state index contributed by atoms with van der Waals surface area (Å²) < 4.78 is 34.9. The zero-order chi connectivity index (χ0) is 25.2. The number of carbonyl (C=O) groups excluding carboxylic acids is 1. The molecule has 0 radical (unpaired) electrons. The number of amides is 1. The predicted octanol–water partition coefficient (Wildman–Crippen LogP) is -1.38. The molecule has 3 fully saturated rings. The van der Waals surface area contributed by atoms with Gasteiger partial charge in [0.15, 0.2) is 18.4 Å². The van der Waals surface area contributed by atoms with Crippen LogP contribution in [0.4, 0.5) is 0 Å². The lowest BCUT2D eigenvalue weighted by Crippen LogP contribution is -2.64. The molecule has 0 bridgehead atoms. The van der Waals surface area contributed by atoms with Gasteiger partial charge in [0.1, 0.15) is 48.8 Å². The number of nitrogens with one attached hydrogen (secondary N) is 1. The molecule has 0 aliphatic carbocycles. The third kappa shape index (κ3) is 6.44. The van der Waals surface area contributed by atoms with Gasteiger partial charge in [0.25, 0.3) is 0 Å². The number of aliphatic hydroxyl groups is 4. The zero-order valence-corrected chi connectivity index (χ0v) is 20.3. The highest BCUT2D eigenvalue weighted by molar-refractivity contribution is 5.73. The number of aliphatic hydroxyl groups excluding tert-OH is 4. The van der Waals surface area contributed by atoms with Crippen LogP contribution in [0.2, 0.25) is 0 Å². The maximum atomic E-state index is 11.6. The minimum atomic E-state index is -1.45. The van der Waals surface area contributed by atoms with Crippen molar-refractivity contribution in [3.8, 4) is 0 Å². The van der Waals surface area contributed by atoms with Crippen molar-refractivity contribution in [1.82, 2.24) is 5.32 Å². The lowest BCUT2D eigenvalue weighted by atomic mass is 9.97. The Morgan fingerprint density at radius 3 is 2.44 bits per heavy atom. The van der Waals surface area contributed by atoms with Crippen molar-refractivity contribution in [2.24, 2.45) is 5.92 Å². The molecule has 198 valence electrons. The molecule has 0 saturated carbocycles. The van der Waals surface area contributed by atoms with Gasteiger partial charge in [-0.25, -0.2) is 0 Å². The summed E-state index contributed by atoms with van der Waals surface area (Å²) >= 11 is 0. The number of ether oxygens (including phenoxy) is 6. The Kier molecular flexibility index (Phi) is 9.29. The highest BCUT2D eigenvalue weighted by Gasteiger charge is 2.57. The van der Waals surface area contributed by atoms with Crippen molar-refractivity contribution < 1.29 is 53.6 Å². The number of carbonyl (C=O) groups is 1. The van der Waals surface area contributed by atoms with Crippen LogP contribution in [0.3, 0.4) is 0 Å². The van der Waals surface area contributed by atoms with E-state index in [-0.39, 0.29) is 6.61 Å². The number of hydrogen-bond acceptors (Lipinski definition) is 11. The lowest BCUT2D eigenvalue weighted by Gasteiger charge is -2.42. The van der Waals surface area contributed by atoms with Gasteiger partial charge in [0.2, 0.25) is 5.91 Å². The molecular formula is C22H39NO11. The van der Waals surface area contributed by atoms with Crippen LogP contribution in [-0.2, 0) is 33.2 Å². The first-order valence-electron chi connectivity index (χ1n) is 11.8. The summed E-state index contributed by atoms with van der Waals surface area (Å²) in [4.78, 5) is 11.6. The first kappa shape index (κ1) is 27.7. The van der Waals surface area contributed by atoms with Crippen LogP contribution in [0.25, 0.3) is 0 Å². The zero-order valence-electron chi connectivity index (χ0n) is 20.3. The Balaban J connectivity index is 1.66. The van der Waals surface area contributed by atoms with E-state index in [1.165, 1.54) is 6.92 Å². The van der Waals surface area contributed by atoms with Crippen molar-refractivity contribution in [3.63, 3.8) is 0 Å². The van der Waals surface area contributed by atoms with Gasteiger partial charge in [0.05, 0.1) is 13.2 Å². The summed E-state index contributed by atoms with van der Waals surface area (Å²) in [7, 11) is 0. The van der Waals surface area contributed by atoms with E-state index in [0.29, 0.717) is 12.5 Å². The number of rotatable bonds is 10. The molecule has 3 aliphatic heterocycles. The van der Waals surface area contributed by atoms with Crippen molar-refractivity contribution in [2.45, 2.75) is 108 Å². The van der Waals surface area contributed by atoms with Gasteiger partial charge < -0.3 is 54.2 Å². The first-order valence-corrected chi connectivity index (χ1v) is 11.8. The highest BCUT2D eigenvalue weighted by atomic mass is 16.8. The third-order valence-corrected chi connectivity index (χ3v) is 6.09. The Bertz CT molecular complexity index is 677. The van der Waals surface area contributed by atoms with E-state index in [1.54, 1.807) is 13.8 Å². The van der Waals surface area contributed by atoms with Gasteiger partial charge >= 0.3 is 0 Å². The van der Waals surface area contributed by atoms with Gasteiger partial charge in [0, 0.05) is 13.5 Å². The summed E-state index contributed by atoms with van der Waals surface area (Å²) in [6, 6.07) is -1.11. The predicted molar refractivity (Wildman–Crippen MR) is 115 cm³/mol. The molecule has 12 heteroatoms. The van der Waals surface area contributed by atoms with Gasteiger partial charge in [-0.05, 0) is 26.2 Å². The molecule has 12 nitrogen and oxygen atoms in total. The monoisotopic (exact) mass is 493 g/mol. The van der Waals surface area contributed by atoms with Crippen molar-refractivity contribution >= 4 is 5.91 Å². The van der Waals surface area contributed by atoms with Crippen LogP contribution >= 0.6 is 0 Å². The van der Waals surface area contributed by atoms with Crippen LogP contribution < -0.4 is 5.32 Å². The fourth-order valence-corrected chi connectivity index (χ4v) is 4.34. The largest absolute Gasteiger partial charge is 0.394 e. The minimum absolute atomic E-state index is 0.306. The molecule has 34 heavy (non-hydrogen) atoms. The fraction of sp³-hybridized carbons (Fsp3) is 0.955. The van der Waals surface area contributed by atoms with E-state index in [1.807, 2.05) is 0 Å². The summed E-state index contributed by atoms with van der Waals surface area (Å²) in [6.45, 7) is 8.52. The summed E-state index contributed by atoms with van der Waals surface area (Å²) in [6.07, 6.45) is -8.30. The van der Waals surface area contributed by atoms with Gasteiger partial charge in [-0.1, -0.05) is 13.8 Å². The third-order valence-electron chi connectivity index (χ3n) is 6.09. The molecule has 3 aliphatic rings. The molecule has 0 aromatic rings. The summed E-state index contributed by atoms with van der Waals surface area (Å²) in [5.74, 6) is -0.893. The SMILES string of the molecule is CC(=O)N[C@H]1[C@H](OCC(O)[C@H]2O[C@@H]3OC(C)(C)O[C@@H]3[C@H]2OCCC(C)C)O[C@H](CO)[C@@H](O)[C@@H]1O. The van der Waals surface area contributed by atoms with E-state index in [4.69, 9.17) is 28.4 Å². The quantitative estimate of drug-likeness (QED) is 0.243. The maximum absolute atomic E-state index is 11.6. The summed E-state index contributed by atoms with van der Waals surface area (Å²) in [5, 5.41) is 43.4. The van der Waals surface area contributed by atoms with E-state index in [2.05, 4.69) is 19.2 Å². The Labute approximate surface area is 199 Å². The molecular weight excluding hydrogens is 454 g/mol. The molecule has 1 amide bonds. The lowest BCUT2D eigenvalue weighted by molar-refractivity contribution is -0.281. The van der Waals surface area contributed by atoms with Crippen LogP contribution in [0.5, 0.6) is 0 Å². The molecule has 0 aromatic heterocycles. The van der Waals surface area contributed by atoms with E-state index >= 15 is 0 Å². The van der Waals surface area contributed by atoms with Crippen molar-refractivity contribution in [1.29, 1.82) is 0 Å². The van der Waals surface area contributed by atoms with E-state index < -0.39 is 79.7 Å². The van der Waals surface area contributed by atoms with Crippen molar-refractivity contribution in [2.75, 3.05) is 19.8 Å². The Hall–Kier alpha value is -0.930. The topological polar surface area (TPSA) is 165 Å². The number of hydrogen-bond donors (Lipinski definition) is 5. The second kappa shape index (κ2) is 11.4. The molecule has 3 saturated heterocycles. The van der Waals surface area contributed by atoms with Crippen LogP contribution in [0, 0.1) is 5.92 Å². The fourth-order valence-electron chi connectivity index (χ4n) is 4.34. The molecule has 1 unspecified atom stereocenters. The maximum Gasteiger partial charge on any atom is 0.217 e. The molecule has 0 aromatic carbocycles. The molecule has 3 rings (SSSR count). The number of fused-ring (bicyclic) bond motifs is 1. The Morgan fingerprint density at radius 1 is 1.12 bits per heavy atom. The van der Waals surface area contributed by atoms with Gasteiger partial charge in [-0.2, -0.15) is 0 Å². The van der Waals surface area contributed by atoms with Crippen LogP contribution in [0.15, 0.2) is 0 Å². The average molecular weight is 494 g/mol. The smallest absolute Gasteiger partial charge is 0.217 e. The normalized spacial score (nSPS) is 40.4. The standard InChI is InChI=1S/C22H39NO11/c1-10(2)6-7-29-18-17(32-21-19(18)33-22(4,5)34-21)12(26)9-30-20-14(23-11(3)25)16(28)15(27)13(8-24)31-20/h10,12-21,24,26-28H,6-9H2,1-5H3,(H,23,25)/t12?,13-,14-,15-,16-,17-,18+,19-,20-,21-/m1/s1. The molecule has 0 spiro atoms. The van der Waals surface area contributed by atoms with Crippen LogP contribution in [0.1, 0.15) is 41.0 Å². The summed E-state index contributed by atoms with van der Waals surface area (Å²) in [5.41, 5.74) is 0. The highest BCUT2D eigenvalue weighted by Crippen LogP contribution is 2.40.